The molecule has 8 nitrogen and oxygen atoms in total. The van der Waals surface area contributed by atoms with Crippen molar-refractivity contribution in [3.05, 3.63) is 76.2 Å². The molecule has 0 spiro atoms. The van der Waals surface area contributed by atoms with E-state index >= 15 is 0 Å². The second-order valence-electron chi connectivity index (χ2n) is 7.47. The lowest BCUT2D eigenvalue weighted by Gasteiger charge is -2.23. The van der Waals surface area contributed by atoms with E-state index in [2.05, 4.69) is 10.1 Å². The van der Waals surface area contributed by atoms with E-state index in [1.165, 1.54) is 12.1 Å². The molecule has 0 bridgehead atoms. The summed E-state index contributed by atoms with van der Waals surface area (Å²) in [6, 6.07) is 15.9. The lowest BCUT2D eigenvalue weighted by Crippen LogP contribution is -2.33. The van der Waals surface area contributed by atoms with Crippen LogP contribution in [0, 0.1) is 16.0 Å². The van der Waals surface area contributed by atoms with Crippen LogP contribution in [0.4, 0.5) is 5.69 Å². The number of rotatable bonds is 9. The van der Waals surface area contributed by atoms with Gasteiger partial charge in [0.15, 0.2) is 0 Å². The van der Waals surface area contributed by atoms with Gasteiger partial charge in [-0.15, -0.1) is 0 Å². The molecule has 0 atom stereocenters. The van der Waals surface area contributed by atoms with E-state index in [0.717, 1.165) is 5.56 Å². The van der Waals surface area contributed by atoms with Gasteiger partial charge in [-0.25, -0.2) is 0 Å². The number of non-ortho nitro benzene ring substituents is 1. The molecule has 0 unspecified atom stereocenters. The van der Waals surface area contributed by atoms with Gasteiger partial charge in [0.1, 0.15) is 0 Å². The molecule has 1 aromatic heterocycles. The lowest BCUT2D eigenvalue weighted by molar-refractivity contribution is -0.384. The van der Waals surface area contributed by atoms with Crippen molar-refractivity contribution in [2.45, 2.75) is 33.2 Å². The summed E-state index contributed by atoms with van der Waals surface area (Å²) in [5.41, 5.74) is 1.53. The zero-order valence-corrected chi connectivity index (χ0v) is 17.0. The molecule has 0 aliphatic carbocycles. The van der Waals surface area contributed by atoms with Crippen LogP contribution < -0.4 is 0 Å². The summed E-state index contributed by atoms with van der Waals surface area (Å²) in [5, 5.41) is 14.9. The Morgan fingerprint density at radius 3 is 2.63 bits per heavy atom. The standard InChI is InChI=1S/C22H24N4O4/c1-16(2)13-21(27)25(15-17-7-4-3-5-8-17)12-11-20-23-22(24-30-20)18-9-6-10-19(14-18)26(28)29/h3-10,14,16H,11-13,15H2,1-2H3. The number of aromatic nitrogens is 2. The highest BCUT2D eigenvalue weighted by Crippen LogP contribution is 2.21. The monoisotopic (exact) mass is 408 g/mol. The minimum Gasteiger partial charge on any atom is -0.339 e. The molecule has 0 radical (unpaired) electrons. The van der Waals surface area contributed by atoms with Gasteiger partial charge in [-0.05, 0) is 11.5 Å². The van der Waals surface area contributed by atoms with Crippen molar-refractivity contribution in [1.82, 2.24) is 15.0 Å². The molecule has 1 amide bonds. The van der Waals surface area contributed by atoms with Crippen molar-refractivity contribution >= 4 is 11.6 Å². The molecule has 0 saturated carbocycles. The maximum absolute atomic E-state index is 12.7. The molecule has 1 heterocycles. The van der Waals surface area contributed by atoms with Crippen LogP contribution in [0.3, 0.4) is 0 Å². The number of amides is 1. The van der Waals surface area contributed by atoms with Gasteiger partial charge in [0, 0.05) is 43.6 Å². The Labute approximate surface area is 174 Å². The highest BCUT2D eigenvalue weighted by atomic mass is 16.6. The third-order valence-electron chi connectivity index (χ3n) is 4.53. The highest BCUT2D eigenvalue weighted by molar-refractivity contribution is 5.76. The first-order valence-electron chi connectivity index (χ1n) is 9.81. The third-order valence-corrected chi connectivity index (χ3v) is 4.53. The molecular formula is C22H24N4O4. The molecule has 0 aliphatic rings. The summed E-state index contributed by atoms with van der Waals surface area (Å²) in [7, 11) is 0. The summed E-state index contributed by atoms with van der Waals surface area (Å²) >= 11 is 0. The smallest absolute Gasteiger partial charge is 0.270 e. The van der Waals surface area contributed by atoms with Crippen molar-refractivity contribution in [3.8, 4) is 11.4 Å². The van der Waals surface area contributed by atoms with E-state index in [1.54, 1.807) is 17.0 Å². The maximum atomic E-state index is 12.7. The van der Waals surface area contributed by atoms with E-state index < -0.39 is 4.92 Å². The van der Waals surface area contributed by atoms with Crippen LogP contribution in [-0.4, -0.2) is 32.4 Å². The molecule has 8 heteroatoms. The first kappa shape index (κ1) is 21.2. The van der Waals surface area contributed by atoms with Crippen LogP contribution in [0.15, 0.2) is 59.1 Å². The second-order valence-corrected chi connectivity index (χ2v) is 7.47. The largest absolute Gasteiger partial charge is 0.339 e. The van der Waals surface area contributed by atoms with Crippen LogP contribution >= 0.6 is 0 Å². The topological polar surface area (TPSA) is 102 Å². The van der Waals surface area contributed by atoms with Gasteiger partial charge in [-0.2, -0.15) is 4.98 Å². The number of benzene rings is 2. The Kier molecular flexibility index (Phi) is 6.90. The average molecular weight is 408 g/mol. The zero-order chi connectivity index (χ0) is 21.5. The molecule has 0 aliphatic heterocycles. The molecular weight excluding hydrogens is 384 g/mol. The van der Waals surface area contributed by atoms with E-state index in [1.807, 2.05) is 44.2 Å². The molecule has 30 heavy (non-hydrogen) atoms. The normalized spacial score (nSPS) is 10.9. The van der Waals surface area contributed by atoms with Crippen LogP contribution in [-0.2, 0) is 17.8 Å². The summed E-state index contributed by atoms with van der Waals surface area (Å²) in [4.78, 5) is 29.3. The summed E-state index contributed by atoms with van der Waals surface area (Å²) in [5.74, 6) is 1.01. The number of carbonyl (C=O) groups excluding carboxylic acids is 1. The SMILES string of the molecule is CC(C)CC(=O)N(CCc1nc(-c2cccc([N+](=O)[O-])c2)no1)Cc1ccccc1. The molecule has 3 rings (SSSR count). The number of hydrogen-bond acceptors (Lipinski definition) is 6. The van der Waals surface area contributed by atoms with Gasteiger partial charge in [0.2, 0.25) is 17.6 Å². The summed E-state index contributed by atoms with van der Waals surface area (Å²) < 4.78 is 5.31. The Morgan fingerprint density at radius 1 is 1.17 bits per heavy atom. The van der Waals surface area contributed by atoms with Crippen LogP contribution in [0.25, 0.3) is 11.4 Å². The van der Waals surface area contributed by atoms with Gasteiger partial charge < -0.3 is 9.42 Å². The first-order chi connectivity index (χ1) is 14.4. The maximum Gasteiger partial charge on any atom is 0.270 e. The minimum absolute atomic E-state index is 0.0350. The molecule has 0 N–H and O–H groups in total. The summed E-state index contributed by atoms with van der Waals surface area (Å²) in [6.45, 7) is 4.99. The van der Waals surface area contributed by atoms with Crippen molar-refractivity contribution < 1.29 is 14.2 Å². The molecule has 3 aromatic rings. The zero-order valence-electron chi connectivity index (χ0n) is 17.0. The van der Waals surface area contributed by atoms with Gasteiger partial charge in [0.25, 0.3) is 5.69 Å². The number of carbonyl (C=O) groups is 1. The number of hydrogen-bond donors (Lipinski definition) is 0. The predicted molar refractivity (Wildman–Crippen MR) is 111 cm³/mol. The quantitative estimate of drug-likeness (QED) is 0.387. The van der Waals surface area contributed by atoms with Crippen molar-refractivity contribution in [3.63, 3.8) is 0 Å². The minimum atomic E-state index is -0.466. The highest BCUT2D eigenvalue weighted by Gasteiger charge is 2.18. The van der Waals surface area contributed by atoms with E-state index in [0.29, 0.717) is 37.4 Å². The van der Waals surface area contributed by atoms with Gasteiger partial charge in [-0.3, -0.25) is 14.9 Å². The predicted octanol–water partition coefficient (Wildman–Crippen LogP) is 4.26. The van der Waals surface area contributed by atoms with Crippen molar-refractivity contribution in [2.24, 2.45) is 5.92 Å². The van der Waals surface area contributed by atoms with Crippen LogP contribution in [0.1, 0.15) is 31.7 Å². The van der Waals surface area contributed by atoms with E-state index in [-0.39, 0.29) is 23.3 Å². The Balaban J connectivity index is 1.70. The van der Waals surface area contributed by atoms with E-state index in [9.17, 15) is 14.9 Å². The Bertz CT molecular complexity index is 1000. The summed E-state index contributed by atoms with van der Waals surface area (Å²) in [6.07, 6.45) is 0.869. The van der Waals surface area contributed by atoms with Gasteiger partial charge in [0.05, 0.1) is 4.92 Å². The van der Waals surface area contributed by atoms with Gasteiger partial charge >= 0.3 is 0 Å². The number of nitro groups is 1. The van der Waals surface area contributed by atoms with Crippen molar-refractivity contribution in [2.75, 3.05) is 6.54 Å². The van der Waals surface area contributed by atoms with Crippen LogP contribution in [0.2, 0.25) is 0 Å². The number of nitrogens with zero attached hydrogens (tertiary/aromatic N) is 4. The Morgan fingerprint density at radius 2 is 1.93 bits per heavy atom. The van der Waals surface area contributed by atoms with Crippen LogP contribution in [0.5, 0.6) is 0 Å². The number of nitro benzene ring substituents is 1. The van der Waals surface area contributed by atoms with E-state index in [4.69, 9.17) is 4.52 Å². The first-order valence-corrected chi connectivity index (χ1v) is 9.81. The fourth-order valence-electron chi connectivity index (χ4n) is 3.04. The fraction of sp³-hybridized carbons (Fsp3) is 0.318. The van der Waals surface area contributed by atoms with Gasteiger partial charge in [-0.1, -0.05) is 61.5 Å². The fourth-order valence-corrected chi connectivity index (χ4v) is 3.04. The molecule has 0 saturated heterocycles. The lowest BCUT2D eigenvalue weighted by atomic mass is 10.1. The second kappa shape index (κ2) is 9.78. The molecule has 2 aromatic carbocycles. The average Bonchev–Trinajstić information content (AvgIpc) is 3.20. The molecule has 156 valence electrons. The van der Waals surface area contributed by atoms with Crippen molar-refractivity contribution in [1.29, 1.82) is 0 Å². The third kappa shape index (κ3) is 5.73. The molecule has 0 fully saturated rings. The Hall–Kier alpha value is -3.55.